The maximum absolute atomic E-state index is 6.17. The molecule has 0 aromatic carbocycles. The Kier molecular flexibility index (Phi) is 5.39. The van der Waals surface area contributed by atoms with Crippen molar-refractivity contribution in [2.24, 2.45) is 0 Å². The lowest BCUT2D eigenvalue weighted by Crippen LogP contribution is -2.36. The third-order valence-electron chi connectivity index (χ3n) is 1.96. The summed E-state index contributed by atoms with van der Waals surface area (Å²) in [5, 5.41) is 3.62. The first-order valence-electron chi connectivity index (χ1n) is 4.42. The fourth-order valence-corrected chi connectivity index (χ4v) is 3.39. The largest absolute Gasteiger partial charge is 0.301 e. The first-order chi connectivity index (χ1) is 5.04. The minimum atomic E-state index is -0.0126. The van der Waals surface area contributed by atoms with Crippen LogP contribution < -0.4 is 5.32 Å². The number of nitrogens with one attached hydrogen (secondary N) is 1. The van der Waals surface area contributed by atoms with Crippen LogP contribution in [0.1, 0.15) is 27.7 Å². The fraction of sp³-hybridized carbons (Fsp3) is 1.00. The maximum atomic E-state index is 6.17. The molecular formula is C8H20ClNSi. The first-order valence-corrected chi connectivity index (χ1v) is 6.56. The van der Waals surface area contributed by atoms with Crippen molar-refractivity contribution in [1.82, 2.24) is 5.32 Å². The van der Waals surface area contributed by atoms with Crippen molar-refractivity contribution in [2.45, 2.75) is 44.3 Å². The molecule has 0 fully saturated rings. The van der Waals surface area contributed by atoms with Gasteiger partial charge in [-0.3, -0.25) is 0 Å². The summed E-state index contributed by atoms with van der Waals surface area (Å²) < 4.78 is 0. The Balaban J connectivity index is 3.83. The van der Waals surface area contributed by atoms with Crippen LogP contribution in [0.4, 0.5) is 0 Å². The van der Waals surface area contributed by atoms with E-state index in [-0.39, 0.29) is 15.0 Å². The van der Waals surface area contributed by atoms with Gasteiger partial charge in [0.2, 0.25) is 0 Å². The number of alkyl halides is 1. The van der Waals surface area contributed by atoms with E-state index in [0.29, 0.717) is 5.04 Å². The van der Waals surface area contributed by atoms with Gasteiger partial charge in [0.25, 0.3) is 0 Å². The summed E-state index contributed by atoms with van der Waals surface area (Å²) in [7, 11) is -0.0126. The van der Waals surface area contributed by atoms with Gasteiger partial charge in [-0.25, -0.2) is 0 Å². The predicted octanol–water partition coefficient (Wildman–Crippen LogP) is 1.97. The molecule has 68 valence electrons. The molecule has 0 saturated heterocycles. The lowest BCUT2D eigenvalue weighted by Gasteiger charge is -2.29. The molecular weight excluding hydrogens is 174 g/mol. The Morgan fingerprint density at radius 1 is 1.45 bits per heavy atom. The van der Waals surface area contributed by atoms with Gasteiger partial charge in [-0.2, -0.15) is 0 Å². The number of halogens is 1. The van der Waals surface area contributed by atoms with Gasteiger partial charge < -0.3 is 5.32 Å². The van der Waals surface area contributed by atoms with Crippen LogP contribution in [0.3, 0.4) is 0 Å². The standard InChI is InChI=1S/C8H20ClNSi/c1-5-10-7(9)8(3,4)11-6-2/h7,10H,5-6,11H2,1-4H3. The van der Waals surface area contributed by atoms with Crippen LogP contribution in [-0.4, -0.2) is 21.6 Å². The van der Waals surface area contributed by atoms with E-state index in [1.54, 1.807) is 0 Å². The molecule has 1 nitrogen and oxygen atoms in total. The van der Waals surface area contributed by atoms with E-state index in [1.807, 2.05) is 0 Å². The Labute approximate surface area is 77.7 Å². The molecule has 0 aromatic rings. The first kappa shape index (κ1) is 11.5. The lowest BCUT2D eigenvalue weighted by molar-refractivity contribution is 0.531. The van der Waals surface area contributed by atoms with Gasteiger partial charge in [-0.15, -0.1) is 11.6 Å². The molecule has 0 amide bonds. The minimum absolute atomic E-state index is 0.0126. The molecule has 11 heavy (non-hydrogen) atoms. The van der Waals surface area contributed by atoms with E-state index >= 15 is 0 Å². The molecule has 0 aromatic heterocycles. The van der Waals surface area contributed by atoms with E-state index in [4.69, 9.17) is 11.6 Å². The molecule has 0 heterocycles. The van der Waals surface area contributed by atoms with E-state index in [1.165, 1.54) is 6.04 Å². The average Bonchev–Trinajstić information content (AvgIpc) is 1.88. The Morgan fingerprint density at radius 3 is 2.36 bits per heavy atom. The molecule has 0 saturated carbocycles. The van der Waals surface area contributed by atoms with Crippen LogP contribution in [0.5, 0.6) is 0 Å². The summed E-state index contributed by atoms with van der Waals surface area (Å²) >= 11 is 6.17. The molecule has 0 aliphatic carbocycles. The second-order valence-corrected chi connectivity index (χ2v) is 7.42. The molecule has 0 rings (SSSR count). The molecule has 0 bridgehead atoms. The number of rotatable bonds is 5. The number of hydrogen-bond acceptors (Lipinski definition) is 1. The van der Waals surface area contributed by atoms with Crippen molar-refractivity contribution in [3.8, 4) is 0 Å². The quantitative estimate of drug-likeness (QED) is 0.400. The summed E-state index contributed by atoms with van der Waals surface area (Å²) in [5.74, 6) is 0. The highest BCUT2D eigenvalue weighted by molar-refractivity contribution is 6.43. The van der Waals surface area contributed by atoms with Crippen LogP contribution in [0.15, 0.2) is 0 Å². The van der Waals surface area contributed by atoms with Gasteiger partial charge in [0.15, 0.2) is 0 Å². The highest BCUT2D eigenvalue weighted by Crippen LogP contribution is 2.30. The monoisotopic (exact) mass is 193 g/mol. The molecule has 0 radical (unpaired) electrons. The molecule has 0 aliphatic rings. The summed E-state index contributed by atoms with van der Waals surface area (Å²) in [5.41, 5.74) is 0.166. The van der Waals surface area contributed by atoms with Gasteiger partial charge in [0.1, 0.15) is 0 Å². The normalized spacial score (nSPS) is 16.1. The SMILES string of the molecule is CCNC(Cl)C(C)(C)[SiH2]CC. The minimum Gasteiger partial charge on any atom is -0.301 e. The summed E-state index contributed by atoms with van der Waals surface area (Å²) in [6.45, 7) is 9.85. The Morgan fingerprint density at radius 2 is 2.00 bits per heavy atom. The van der Waals surface area contributed by atoms with Crippen molar-refractivity contribution < 1.29 is 0 Å². The molecule has 1 unspecified atom stereocenters. The van der Waals surface area contributed by atoms with E-state index < -0.39 is 0 Å². The molecule has 3 heteroatoms. The van der Waals surface area contributed by atoms with Gasteiger partial charge in [-0.05, 0) is 11.6 Å². The smallest absolute Gasteiger partial charge is 0.0847 e. The maximum Gasteiger partial charge on any atom is 0.0847 e. The highest BCUT2D eigenvalue weighted by Gasteiger charge is 2.25. The summed E-state index contributed by atoms with van der Waals surface area (Å²) in [6.07, 6.45) is 0. The lowest BCUT2D eigenvalue weighted by atomic mass is 10.2. The second kappa shape index (κ2) is 5.17. The summed E-state index contributed by atoms with van der Waals surface area (Å²) in [4.78, 5) is 0. The van der Waals surface area contributed by atoms with Crippen molar-refractivity contribution in [3.05, 3.63) is 0 Å². The van der Waals surface area contributed by atoms with Crippen molar-refractivity contribution in [1.29, 1.82) is 0 Å². The van der Waals surface area contributed by atoms with Gasteiger partial charge in [0, 0.05) is 9.52 Å². The highest BCUT2D eigenvalue weighted by atomic mass is 35.5. The van der Waals surface area contributed by atoms with E-state index in [0.717, 1.165) is 6.54 Å². The van der Waals surface area contributed by atoms with Crippen LogP contribution in [0, 0.1) is 0 Å². The van der Waals surface area contributed by atoms with Gasteiger partial charge in [0.05, 0.1) is 5.50 Å². The molecule has 1 atom stereocenters. The number of hydrogen-bond donors (Lipinski definition) is 1. The zero-order valence-corrected chi connectivity index (χ0v) is 10.2. The Bertz CT molecular complexity index is 106. The van der Waals surface area contributed by atoms with Crippen LogP contribution in [0.2, 0.25) is 11.1 Å². The van der Waals surface area contributed by atoms with Crippen LogP contribution in [0.25, 0.3) is 0 Å². The van der Waals surface area contributed by atoms with Crippen molar-refractivity contribution >= 4 is 21.1 Å². The molecule has 1 N–H and O–H groups in total. The van der Waals surface area contributed by atoms with Crippen LogP contribution in [-0.2, 0) is 0 Å². The van der Waals surface area contributed by atoms with Crippen molar-refractivity contribution in [3.63, 3.8) is 0 Å². The Hall–Kier alpha value is 0.467. The zero-order chi connectivity index (χ0) is 8.91. The molecule has 0 aliphatic heterocycles. The topological polar surface area (TPSA) is 12.0 Å². The zero-order valence-electron chi connectivity index (χ0n) is 8.08. The van der Waals surface area contributed by atoms with Crippen LogP contribution >= 0.6 is 11.6 Å². The van der Waals surface area contributed by atoms with E-state index in [9.17, 15) is 0 Å². The predicted molar refractivity (Wildman–Crippen MR) is 56.4 cm³/mol. The fourth-order valence-electron chi connectivity index (χ4n) is 1.23. The molecule has 0 spiro atoms. The van der Waals surface area contributed by atoms with Crippen molar-refractivity contribution in [2.75, 3.05) is 6.54 Å². The summed E-state index contributed by atoms with van der Waals surface area (Å²) in [6, 6.07) is 1.33. The third-order valence-corrected chi connectivity index (χ3v) is 5.16. The average molecular weight is 194 g/mol. The third kappa shape index (κ3) is 4.14. The van der Waals surface area contributed by atoms with E-state index in [2.05, 4.69) is 33.0 Å². The second-order valence-electron chi connectivity index (χ2n) is 3.66. The van der Waals surface area contributed by atoms with Gasteiger partial charge in [-0.1, -0.05) is 33.7 Å². The van der Waals surface area contributed by atoms with Gasteiger partial charge >= 0.3 is 0 Å².